The fourth-order valence-electron chi connectivity index (χ4n) is 4.67. The molecule has 5 rings (SSSR count). The van der Waals surface area contributed by atoms with Crippen molar-refractivity contribution < 1.29 is 14.2 Å². The fraction of sp³-hybridized carbons (Fsp3) is 0.400. The average molecular weight is 465 g/mol. The predicted molar refractivity (Wildman–Crippen MR) is 130 cm³/mol. The molecule has 3 aromatic rings. The number of ether oxygens (including phenoxy) is 3. The van der Waals surface area contributed by atoms with E-state index in [-0.39, 0.29) is 0 Å². The zero-order chi connectivity index (χ0) is 22.8. The van der Waals surface area contributed by atoms with E-state index in [4.69, 9.17) is 19.3 Å². The van der Waals surface area contributed by atoms with Gasteiger partial charge >= 0.3 is 0 Å². The Morgan fingerprint density at radius 2 is 1.73 bits per heavy atom. The van der Waals surface area contributed by atoms with E-state index in [0.29, 0.717) is 11.6 Å². The molecule has 2 aromatic carbocycles. The number of fused-ring (bicyclic) bond motifs is 1. The highest BCUT2D eigenvalue weighted by Gasteiger charge is 2.24. The highest BCUT2D eigenvalue weighted by atomic mass is 32.2. The summed E-state index contributed by atoms with van der Waals surface area (Å²) in [6.07, 6.45) is 6.34. The van der Waals surface area contributed by atoms with Gasteiger partial charge in [-0.25, -0.2) is 0 Å². The second-order valence-electron chi connectivity index (χ2n) is 8.40. The van der Waals surface area contributed by atoms with Crippen LogP contribution < -0.4 is 14.2 Å². The Bertz CT molecular complexity index is 1180. The molecule has 33 heavy (non-hydrogen) atoms. The first-order chi connectivity index (χ1) is 16.2. The molecule has 1 aliphatic heterocycles. The van der Waals surface area contributed by atoms with E-state index in [1.54, 1.807) is 33.1 Å². The summed E-state index contributed by atoms with van der Waals surface area (Å²) in [5.74, 6) is 4.49. The Labute approximate surface area is 198 Å². The number of hydrogen-bond donors (Lipinski definition) is 0. The van der Waals surface area contributed by atoms with Gasteiger partial charge in [-0.1, -0.05) is 37.4 Å². The summed E-state index contributed by atoms with van der Waals surface area (Å²) in [5, 5.41) is 14.5. The van der Waals surface area contributed by atoms with Gasteiger partial charge in [-0.3, -0.25) is 0 Å². The SMILES string of the molecule is COc1ccc(OC)c(-c2nnc3n2N=C(c2ccc(OC)c(CC4CCCC4)c2)CS3)c1. The quantitative estimate of drug-likeness (QED) is 0.487. The predicted octanol–water partition coefficient (Wildman–Crippen LogP) is 5.06. The number of methoxy groups -OCH3 is 3. The first-order valence-corrected chi connectivity index (χ1v) is 12.2. The molecule has 2 aliphatic rings. The number of rotatable bonds is 7. The molecule has 0 amide bonds. The molecule has 1 fully saturated rings. The number of nitrogens with zero attached hydrogens (tertiary/aromatic N) is 4. The van der Waals surface area contributed by atoms with Crippen LogP contribution in [0.15, 0.2) is 46.7 Å². The fourth-order valence-corrected chi connectivity index (χ4v) is 5.51. The van der Waals surface area contributed by atoms with Crippen LogP contribution in [0.2, 0.25) is 0 Å². The summed E-state index contributed by atoms with van der Waals surface area (Å²) in [6.45, 7) is 0. The number of hydrogen-bond acceptors (Lipinski definition) is 7. The maximum absolute atomic E-state index is 5.67. The van der Waals surface area contributed by atoms with E-state index in [0.717, 1.165) is 51.6 Å². The van der Waals surface area contributed by atoms with E-state index >= 15 is 0 Å². The van der Waals surface area contributed by atoms with Crippen LogP contribution in [0.25, 0.3) is 11.4 Å². The average Bonchev–Trinajstić information content (AvgIpc) is 3.53. The van der Waals surface area contributed by atoms with Crippen molar-refractivity contribution in [1.29, 1.82) is 0 Å². The maximum Gasteiger partial charge on any atom is 0.212 e. The van der Waals surface area contributed by atoms with Crippen LogP contribution in [-0.4, -0.2) is 47.7 Å². The minimum Gasteiger partial charge on any atom is -0.497 e. The summed E-state index contributed by atoms with van der Waals surface area (Å²) < 4.78 is 18.5. The molecule has 0 saturated heterocycles. The molecule has 0 radical (unpaired) electrons. The first-order valence-electron chi connectivity index (χ1n) is 11.3. The molecule has 8 heteroatoms. The standard InChI is InChI=1S/C25H28N4O3S/c1-30-19-9-11-23(32-3)20(14-19)24-26-27-25-29(24)28-21(15-33-25)17-8-10-22(31-2)18(13-17)12-16-6-4-5-7-16/h8-11,13-14,16H,4-7,12,15H2,1-3H3. The van der Waals surface area contributed by atoms with Crippen LogP contribution in [0.3, 0.4) is 0 Å². The zero-order valence-electron chi connectivity index (χ0n) is 19.2. The monoisotopic (exact) mass is 464 g/mol. The highest BCUT2D eigenvalue weighted by Crippen LogP contribution is 2.36. The van der Waals surface area contributed by atoms with Crippen LogP contribution in [0.5, 0.6) is 17.2 Å². The van der Waals surface area contributed by atoms with Gasteiger partial charge in [0.1, 0.15) is 17.2 Å². The summed E-state index contributed by atoms with van der Waals surface area (Å²) in [6, 6.07) is 12.0. The van der Waals surface area contributed by atoms with Gasteiger partial charge in [0, 0.05) is 5.75 Å². The van der Waals surface area contributed by atoms with Crippen LogP contribution in [-0.2, 0) is 6.42 Å². The summed E-state index contributed by atoms with van der Waals surface area (Å²) in [5.41, 5.74) is 4.15. The summed E-state index contributed by atoms with van der Waals surface area (Å²) in [4.78, 5) is 0. The molecule has 0 bridgehead atoms. The van der Waals surface area contributed by atoms with E-state index in [2.05, 4.69) is 28.4 Å². The van der Waals surface area contributed by atoms with Crippen molar-refractivity contribution in [3.05, 3.63) is 47.5 Å². The lowest BCUT2D eigenvalue weighted by atomic mass is 9.95. The molecule has 172 valence electrons. The molecule has 2 heterocycles. The smallest absolute Gasteiger partial charge is 0.212 e. The van der Waals surface area contributed by atoms with Crippen molar-refractivity contribution in [2.45, 2.75) is 37.3 Å². The molecule has 0 atom stereocenters. The molecule has 1 saturated carbocycles. The number of benzene rings is 2. The normalized spacial score (nSPS) is 15.8. The van der Waals surface area contributed by atoms with Crippen molar-refractivity contribution in [3.63, 3.8) is 0 Å². The third-order valence-corrected chi connectivity index (χ3v) is 7.35. The lowest BCUT2D eigenvalue weighted by molar-refractivity contribution is 0.404. The lowest BCUT2D eigenvalue weighted by Gasteiger charge is -2.18. The maximum atomic E-state index is 5.67. The van der Waals surface area contributed by atoms with Crippen molar-refractivity contribution in [2.75, 3.05) is 27.1 Å². The summed E-state index contributed by atoms with van der Waals surface area (Å²) >= 11 is 1.63. The minimum absolute atomic E-state index is 0.630. The zero-order valence-corrected chi connectivity index (χ0v) is 20.0. The highest BCUT2D eigenvalue weighted by molar-refractivity contribution is 7.99. The van der Waals surface area contributed by atoms with E-state index in [1.807, 2.05) is 22.9 Å². The third-order valence-electron chi connectivity index (χ3n) is 6.42. The topological polar surface area (TPSA) is 70.8 Å². The number of aromatic nitrogens is 3. The summed E-state index contributed by atoms with van der Waals surface area (Å²) in [7, 11) is 5.04. The van der Waals surface area contributed by atoms with Gasteiger partial charge in [-0.15, -0.1) is 10.2 Å². The van der Waals surface area contributed by atoms with Crippen LogP contribution in [0, 0.1) is 5.92 Å². The molecule has 0 unspecified atom stereocenters. The van der Waals surface area contributed by atoms with Gasteiger partial charge in [0.05, 0.1) is 32.6 Å². The van der Waals surface area contributed by atoms with Gasteiger partial charge in [0.2, 0.25) is 5.16 Å². The van der Waals surface area contributed by atoms with Crippen LogP contribution in [0.4, 0.5) is 0 Å². The Morgan fingerprint density at radius 1 is 0.939 bits per heavy atom. The van der Waals surface area contributed by atoms with Gasteiger partial charge in [0.25, 0.3) is 0 Å². The molecule has 0 spiro atoms. The minimum atomic E-state index is 0.630. The van der Waals surface area contributed by atoms with Gasteiger partial charge in [0.15, 0.2) is 5.82 Å². The Hall–Kier alpha value is -3.00. The molecule has 7 nitrogen and oxygen atoms in total. The molecular formula is C25H28N4O3S. The Morgan fingerprint density at radius 3 is 2.48 bits per heavy atom. The van der Waals surface area contributed by atoms with Crippen molar-refractivity contribution in [1.82, 2.24) is 14.9 Å². The first kappa shape index (κ1) is 21.8. The van der Waals surface area contributed by atoms with Crippen molar-refractivity contribution >= 4 is 17.5 Å². The Balaban J connectivity index is 1.52. The lowest BCUT2D eigenvalue weighted by Crippen LogP contribution is -2.14. The van der Waals surface area contributed by atoms with E-state index in [9.17, 15) is 0 Å². The van der Waals surface area contributed by atoms with Crippen molar-refractivity contribution in [2.24, 2.45) is 11.0 Å². The second-order valence-corrected chi connectivity index (χ2v) is 9.34. The van der Waals surface area contributed by atoms with E-state index < -0.39 is 0 Å². The molecule has 0 N–H and O–H groups in total. The molecule has 1 aliphatic carbocycles. The molecule has 1 aromatic heterocycles. The second kappa shape index (κ2) is 9.47. The van der Waals surface area contributed by atoms with Crippen molar-refractivity contribution in [3.8, 4) is 28.6 Å². The van der Waals surface area contributed by atoms with Crippen LogP contribution in [0.1, 0.15) is 36.8 Å². The largest absolute Gasteiger partial charge is 0.497 e. The van der Waals surface area contributed by atoms with Gasteiger partial charge < -0.3 is 14.2 Å². The van der Waals surface area contributed by atoms with E-state index in [1.165, 1.54) is 31.2 Å². The van der Waals surface area contributed by atoms with Crippen LogP contribution >= 0.6 is 11.8 Å². The number of thioether (sulfide) groups is 1. The third kappa shape index (κ3) is 4.31. The van der Waals surface area contributed by atoms with Gasteiger partial charge in [-0.2, -0.15) is 9.78 Å². The molecular weight excluding hydrogens is 436 g/mol. The van der Waals surface area contributed by atoms with Gasteiger partial charge in [-0.05, 0) is 59.9 Å². The Kier molecular flexibility index (Phi) is 6.26.